The largest absolute Gasteiger partial charge is 0.506 e. The number of carbonyl (C=O) groups is 3. The summed E-state index contributed by atoms with van der Waals surface area (Å²) >= 11 is 1.12. The molecule has 9 nitrogen and oxygen atoms in total. The lowest BCUT2D eigenvalue weighted by Crippen LogP contribution is -2.48. The highest BCUT2D eigenvalue weighted by Crippen LogP contribution is 2.28. The summed E-state index contributed by atoms with van der Waals surface area (Å²) in [6.45, 7) is 4.81. The average molecular weight is 751 g/mol. The maximum atomic E-state index is 13.4. The number of aromatic nitrogens is 1. The summed E-state index contributed by atoms with van der Waals surface area (Å²) in [5.74, 6) is -6.76. The Morgan fingerprint density at radius 3 is 2.20 bits per heavy atom. The van der Waals surface area contributed by atoms with Crippen LogP contribution in [0.4, 0.5) is 30.7 Å². The Morgan fingerprint density at radius 2 is 1.59 bits per heavy atom. The van der Waals surface area contributed by atoms with Crippen molar-refractivity contribution in [3.8, 4) is 5.75 Å². The summed E-state index contributed by atoms with van der Waals surface area (Å²) in [5, 5.41) is 17.0. The standard InChI is InChI=1S/C30H41FN4O3S.C4F6O2/c1-21(33-18-14-23-11-12-26(36)28-29(23)39-30(38)34-28)20-35(25-9-4-2-3-5-10-25)27(37)15-17-32-16-13-22-7-6-8-24(31)19-22;5-3(6,7)1(11)2(12)4(8,9)10/h6-8,11-12,19,21,25,32-33,36H,2-5,9-10,13-18,20H2,1H3,(H,34,38);. The molecule has 1 aliphatic rings. The van der Waals surface area contributed by atoms with Crippen molar-refractivity contribution in [1.29, 1.82) is 0 Å². The van der Waals surface area contributed by atoms with E-state index in [0.29, 0.717) is 38.1 Å². The van der Waals surface area contributed by atoms with Crippen LogP contribution in [0.1, 0.15) is 63.0 Å². The molecule has 4 N–H and O–H groups in total. The number of phenolic OH excluding ortho intramolecular Hbond substituents is 1. The van der Waals surface area contributed by atoms with E-state index in [2.05, 4.69) is 27.4 Å². The monoisotopic (exact) mass is 750 g/mol. The van der Waals surface area contributed by atoms with Crippen molar-refractivity contribution in [3.63, 3.8) is 0 Å². The number of ketones is 2. The zero-order chi connectivity index (χ0) is 37.8. The number of amides is 1. The number of nitrogens with zero attached hydrogens (tertiary/aromatic N) is 1. The van der Waals surface area contributed by atoms with Gasteiger partial charge in [0.25, 0.3) is 0 Å². The van der Waals surface area contributed by atoms with Gasteiger partial charge < -0.3 is 25.6 Å². The third-order valence-corrected chi connectivity index (χ3v) is 9.26. The van der Waals surface area contributed by atoms with E-state index in [4.69, 9.17) is 0 Å². The van der Waals surface area contributed by atoms with Crippen molar-refractivity contribution in [2.75, 3.05) is 26.2 Å². The summed E-state index contributed by atoms with van der Waals surface area (Å²) in [4.78, 5) is 49.1. The van der Waals surface area contributed by atoms with Gasteiger partial charge in [-0.15, -0.1) is 0 Å². The maximum absolute atomic E-state index is 13.4. The van der Waals surface area contributed by atoms with E-state index < -0.39 is 23.9 Å². The molecule has 1 amide bonds. The third-order valence-electron chi connectivity index (χ3n) is 8.30. The molecule has 51 heavy (non-hydrogen) atoms. The van der Waals surface area contributed by atoms with Crippen LogP contribution in [-0.2, 0) is 27.2 Å². The van der Waals surface area contributed by atoms with E-state index >= 15 is 0 Å². The van der Waals surface area contributed by atoms with E-state index in [1.165, 1.54) is 31.7 Å². The zero-order valence-electron chi connectivity index (χ0n) is 27.9. The van der Waals surface area contributed by atoms with Crippen LogP contribution in [0.5, 0.6) is 5.75 Å². The molecule has 1 saturated carbocycles. The number of halogens is 7. The lowest BCUT2D eigenvalue weighted by Gasteiger charge is -2.34. The van der Waals surface area contributed by atoms with Crippen LogP contribution in [0.3, 0.4) is 0 Å². The first-order valence-electron chi connectivity index (χ1n) is 16.5. The van der Waals surface area contributed by atoms with E-state index in [1.807, 2.05) is 12.1 Å². The van der Waals surface area contributed by atoms with Crippen LogP contribution < -0.4 is 15.5 Å². The van der Waals surface area contributed by atoms with Gasteiger partial charge in [0, 0.05) is 31.6 Å². The van der Waals surface area contributed by atoms with Crippen molar-refractivity contribution >= 4 is 39.0 Å². The SMILES string of the molecule is CC(CN(C(=O)CCNCCc1cccc(F)c1)C1CCCCCC1)NCCc1ccc(O)c2[nH]c(=O)sc12.O=C(C(=O)C(F)(F)F)C(F)(F)F. The van der Waals surface area contributed by atoms with Gasteiger partial charge in [-0.3, -0.25) is 19.2 Å². The Labute approximate surface area is 293 Å². The molecule has 1 atom stereocenters. The predicted octanol–water partition coefficient (Wildman–Crippen LogP) is 5.98. The number of H-pyrrole nitrogens is 1. The molecule has 2 aromatic carbocycles. The minimum Gasteiger partial charge on any atom is -0.506 e. The molecular formula is C34H41F7N4O5S. The van der Waals surface area contributed by atoms with Crippen LogP contribution in [0, 0.1) is 5.82 Å². The quantitative estimate of drug-likeness (QED) is 0.0691. The van der Waals surface area contributed by atoms with E-state index in [0.717, 1.165) is 52.8 Å². The lowest BCUT2D eigenvalue weighted by molar-refractivity contribution is -0.193. The van der Waals surface area contributed by atoms with Crippen molar-refractivity contribution in [1.82, 2.24) is 20.5 Å². The molecule has 0 bridgehead atoms. The molecule has 0 aliphatic heterocycles. The molecule has 1 fully saturated rings. The smallest absolute Gasteiger partial charge is 0.458 e. The number of carbonyl (C=O) groups excluding carboxylic acids is 3. The van der Waals surface area contributed by atoms with Gasteiger partial charge >= 0.3 is 28.8 Å². The summed E-state index contributed by atoms with van der Waals surface area (Å²) < 4.78 is 81.1. The minimum absolute atomic E-state index is 0.0921. The Balaban J connectivity index is 0.000000501. The predicted molar refractivity (Wildman–Crippen MR) is 178 cm³/mol. The highest BCUT2D eigenvalue weighted by molar-refractivity contribution is 7.16. The summed E-state index contributed by atoms with van der Waals surface area (Å²) in [6, 6.07) is 10.6. The normalized spacial score (nSPS) is 14.7. The maximum Gasteiger partial charge on any atom is 0.458 e. The number of aromatic amines is 1. The van der Waals surface area contributed by atoms with Gasteiger partial charge in [0.05, 0.1) is 4.70 Å². The highest BCUT2D eigenvalue weighted by Gasteiger charge is 2.54. The second kappa shape index (κ2) is 19.1. The van der Waals surface area contributed by atoms with Crippen molar-refractivity contribution in [3.05, 3.63) is 63.0 Å². The van der Waals surface area contributed by atoms with Crippen LogP contribution in [0.15, 0.2) is 41.2 Å². The molecule has 0 radical (unpaired) electrons. The minimum atomic E-state index is -5.77. The number of fused-ring (bicyclic) bond motifs is 1. The Morgan fingerprint density at radius 1 is 0.941 bits per heavy atom. The number of phenols is 1. The fourth-order valence-corrected chi connectivity index (χ4v) is 6.65. The van der Waals surface area contributed by atoms with E-state index in [-0.39, 0.29) is 34.4 Å². The average Bonchev–Trinajstić information content (AvgIpc) is 3.26. The summed E-state index contributed by atoms with van der Waals surface area (Å²) in [6.07, 6.45) is -2.72. The lowest BCUT2D eigenvalue weighted by atomic mass is 10.1. The zero-order valence-corrected chi connectivity index (χ0v) is 28.7. The molecule has 282 valence electrons. The van der Waals surface area contributed by atoms with Crippen LogP contribution >= 0.6 is 11.3 Å². The van der Waals surface area contributed by atoms with Gasteiger partial charge in [-0.25, -0.2) is 4.39 Å². The molecule has 1 unspecified atom stereocenters. The summed E-state index contributed by atoms with van der Waals surface area (Å²) in [7, 11) is 0. The number of benzene rings is 2. The number of rotatable bonds is 14. The Kier molecular flexibility index (Phi) is 15.6. The highest BCUT2D eigenvalue weighted by atomic mass is 32.1. The molecule has 0 saturated heterocycles. The van der Waals surface area contributed by atoms with E-state index in [9.17, 15) is 55.0 Å². The Hall–Kier alpha value is -3.83. The number of Topliss-reactive ketones (excluding diaryl/α,β-unsaturated/α-hetero) is 2. The number of hydrogen-bond donors (Lipinski definition) is 4. The number of alkyl halides is 6. The molecule has 3 aromatic rings. The van der Waals surface area contributed by atoms with E-state index in [1.54, 1.807) is 18.2 Å². The number of nitrogens with one attached hydrogen (secondary N) is 3. The first kappa shape index (κ1) is 41.6. The summed E-state index contributed by atoms with van der Waals surface area (Å²) in [5.41, 5.74) is 2.48. The van der Waals surface area contributed by atoms with Gasteiger partial charge in [0.2, 0.25) is 5.91 Å². The fourth-order valence-electron chi connectivity index (χ4n) is 5.75. The fraction of sp³-hybridized carbons (Fsp3) is 0.529. The molecular weight excluding hydrogens is 709 g/mol. The number of aromatic hydroxyl groups is 1. The van der Waals surface area contributed by atoms with Crippen molar-refractivity contribution in [2.24, 2.45) is 0 Å². The topological polar surface area (TPSA) is 132 Å². The first-order valence-corrected chi connectivity index (χ1v) is 17.3. The van der Waals surface area contributed by atoms with Gasteiger partial charge in [-0.1, -0.05) is 55.2 Å². The number of thiazole rings is 1. The molecule has 4 rings (SSSR count). The molecule has 1 aromatic heterocycles. The van der Waals surface area contributed by atoms with Gasteiger partial charge in [0.15, 0.2) is 0 Å². The van der Waals surface area contributed by atoms with Gasteiger partial charge in [-0.2, -0.15) is 26.3 Å². The van der Waals surface area contributed by atoms with Gasteiger partial charge in [0.1, 0.15) is 17.1 Å². The first-order chi connectivity index (χ1) is 24.0. The molecule has 1 heterocycles. The number of hydrogen-bond acceptors (Lipinski definition) is 8. The third kappa shape index (κ3) is 13.3. The van der Waals surface area contributed by atoms with Gasteiger partial charge in [-0.05, 0) is 75.0 Å². The molecule has 1 aliphatic carbocycles. The van der Waals surface area contributed by atoms with Crippen molar-refractivity contribution < 1.29 is 50.2 Å². The van der Waals surface area contributed by atoms with Crippen LogP contribution in [0.2, 0.25) is 0 Å². The van der Waals surface area contributed by atoms with Crippen LogP contribution in [-0.4, -0.2) is 83.1 Å². The second-order valence-corrected chi connectivity index (χ2v) is 13.3. The Bertz CT molecular complexity index is 1640. The van der Waals surface area contributed by atoms with Crippen molar-refractivity contribution in [2.45, 2.75) is 89.1 Å². The second-order valence-electron chi connectivity index (χ2n) is 12.3. The molecule has 0 spiro atoms. The van der Waals surface area contributed by atoms with Crippen LogP contribution in [0.25, 0.3) is 10.2 Å². The molecule has 17 heteroatoms.